The third-order valence-corrected chi connectivity index (χ3v) is 5.54. The second kappa shape index (κ2) is 6.49. The van der Waals surface area contributed by atoms with E-state index in [0.717, 1.165) is 13.0 Å². The Morgan fingerprint density at radius 1 is 1.42 bits per heavy atom. The predicted octanol–water partition coefficient (Wildman–Crippen LogP) is 0.0258. The number of nitrogens with zero attached hydrogens (tertiary/aromatic N) is 2. The molecule has 1 saturated heterocycles. The maximum absolute atomic E-state index is 12.3. The predicted molar refractivity (Wildman–Crippen MR) is 74.2 cm³/mol. The Hall–Kier alpha value is -0.210. The average molecular weight is 291 g/mol. The third-order valence-electron chi connectivity index (χ3n) is 3.58. The third kappa shape index (κ3) is 4.39. The fraction of sp³-hybridized carbons (Fsp3) is 1.00. The molecular weight excluding hydrogens is 266 g/mol. The Kier molecular flexibility index (Phi) is 5.19. The second-order valence-electron chi connectivity index (χ2n) is 5.45. The van der Waals surface area contributed by atoms with Crippen molar-refractivity contribution >= 4 is 10.2 Å². The number of rotatable bonds is 7. The van der Waals surface area contributed by atoms with E-state index in [1.807, 2.05) is 6.92 Å². The van der Waals surface area contributed by atoms with E-state index in [-0.39, 0.29) is 6.10 Å². The van der Waals surface area contributed by atoms with Crippen molar-refractivity contribution < 1.29 is 13.2 Å². The lowest BCUT2D eigenvalue weighted by atomic mass is 10.3. The van der Waals surface area contributed by atoms with Gasteiger partial charge in [-0.15, -0.1) is 0 Å². The van der Waals surface area contributed by atoms with Gasteiger partial charge >= 0.3 is 0 Å². The van der Waals surface area contributed by atoms with Gasteiger partial charge in [-0.2, -0.15) is 17.0 Å². The molecule has 0 spiro atoms. The van der Waals surface area contributed by atoms with Crippen LogP contribution in [-0.2, 0) is 14.9 Å². The van der Waals surface area contributed by atoms with E-state index in [0.29, 0.717) is 32.3 Å². The summed E-state index contributed by atoms with van der Waals surface area (Å²) >= 11 is 0. The van der Waals surface area contributed by atoms with Gasteiger partial charge in [0.1, 0.15) is 0 Å². The zero-order valence-electron chi connectivity index (χ0n) is 11.8. The Morgan fingerprint density at radius 3 is 2.79 bits per heavy atom. The van der Waals surface area contributed by atoms with Crippen molar-refractivity contribution in [1.82, 2.24) is 13.9 Å². The fourth-order valence-corrected chi connectivity index (χ4v) is 3.66. The normalized spacial score (nSPS) is 25.9. The van der Waals surface area contributed by atoms with Gasteiger partial charge in [-0.25, -0.2) is 0 Å². The minimum atomic E-state index is -3.32. The molecule has 2 aliphatic rings. The van der Waals surface area contributed by atoms with Crippen LogP contribution in [0.3, 0.4) is 0 Å². The van der Waals surface area contributed by atoms with Gasteiger partial charge in [0.15, 0.2) is 0 Å². The van der Waals surface area contributed by atoms with Crippen LogP contribution in [0.5, 0.6) is 0 Å². The van der Waals surface area contributed by atoms with Crippen LogP contribution in [0.15, 0.2) is 0 Å². The summed E-state index contributed by atoms with van der Waals surface area (Å²) in [5.41, 5.74) is 0. The van der Waals surface area contributed by atoms with Crippen molar-refractivity contribution in [1.29, 1.82) is 0 Å². The molecule has 0 aromatic rings. The van der Waals surface area contributed by atoms with Gasteiger partial charge in [-0.1, -0.05) is 0 Å². The quantitative estimate of drug-likeness (QED) is 0.672. The molecule has 1 aliphatic carbocycles. The number of hydrogen-bond acceptors (Lipinski definition) is 4. The highest BCUT2D eigenvalue weighted by Gasteiger charge is 2.30. The maximum atomic E-state index is 12.3. The van der Waals surface area contributed by atoms with E-state index in [9.17, 15) is 8.42 Å². The fourth-order valence-electron chi connectivity index (χ4n) is 2.20. The lowest BCUT2D eigenvalue weighted by Gasteiger charge is -2.33. The summed E-state index contributed by atoms with van der Waals surface area (Å²) in [7, 11) is -1.66. The largest absolute Gasteiger partial charge is 0.376 e. The van der Waals surface area contributed by atoms with Crippen LogP contribution in [0, 0.1) is 0 Å². The summed E-state index contributed by atoms with van der Waals surface area (Å²) in [6.45, 7) is 4.75. The summed E-state index contributed by atoms with van der Waals surface area (Å²) in [6, 6.07) is 0.682. The highest BCUT2D eigenvalue weighted by molar-refractivity contribution is 7.86. The summed E-state index contributed by atoms with van der Waals surface area (Å²) < 4.78 is 33.1. The molecule has 19 heavy (non-hydrogen) atoms. The molecule has 0 aromatic heterocycles. The molecule has 0 radical (unpaired) electrons. The summed E-state index contributed by atoms with van der Waals surface area (Å²) in [4.78, 5) is 0. The Bertz CT molecular complexity index is 384. The van der Waals surface area contributed by atoms with Gasteiger partial charge < -0.3 is 10.1 Å². The van der Waals surface area contributed by atoms with Gasteiger partial charge in [0.25, 0.3) is 10.2 Å². The summed E-state index contributed by atoms with van der Waals surface area (Å²) in [5, 5.41) is 3.39. The van der Waals surface area contributed by atoms with Crippen LogP contribution in [0.25, 0.3) is 0 Å². The molecule has 0 bridgehead atoms. The molecule has 1 atom stereocenters. The molecule has 1 N–H and O–H groups in total. The standard InChI is InChI=1S/C12H25N3O3S/c1-11-10-15(8-9-18-11)19(16,17)14(2)7-3-6-13-12-4-5-12/h11-13H,3-10H2,1-2H3. The summed E-state index contributed by atoms with van der Waals surface area (Å²) in [6.07, 6.45) is 3.36. The second-order valence-corrected chi connectivity index (χ2v) is 7.49. The molecule has 112 valence electrons. The smallest absolute Gasteiger partial charge is 0.281 e. The molecule has 2 fully saturated rings. The van der Waals surface area contributed by atoms with E-state index >= 15 is 0 Å². The van der Waals surface area contributed by atoms with Crippen molar-refractivity contribution in [2.75, 3.05) is 39.8 Å². The van der Waals surface area contributed by atoms with Crippen LogP contribution < -0.4 is 5.32 Å². The molecule has 6 nitrogen and oxygen atoms in total. The first-order valence-corrected chi connectivity index (χ1v) is 8.46. The van der Waals surface area contributed by atoms with Crippen molar-refractivity contribution in [2.24, 2.45) is 0 Å². The minimum absolute atomic E-state index is 0.0199. The topological polar surface area (TPSA) is 61.9 Å². The first-order chi connectivity index (χ1) is 9.00. The van der Waals surface area contributed by atoms with E-state index < -0.39 is 10.2 Å². The van der Waals surface area contributed by atoms with Crippen LogP contribution in [0.2, 0.25) is 0 Å². The Balaban J connectivity index is 1.76. The Morgan fingerprint density at radius 2 is 2.16 bits per heavy atom. The first-order valence-electron chi connectivity index (χ1n) is 7.06. The van der Waals surface area contributed by atoms with E-state index in [4.69, 9.17) is 4.74 Å². The highest BCUT2D eigenvalue weighted by Crippen LogP contribution is 2.18. The zero-order valence-corrected chi connectivity index (χ0v) is 12.7. The van der Waals surface area contributed by atoms with Crippen LogP contribution in [0.4, 0.5) is 0 Å². The molecule has 7 heteroatoms. The number of nitrogens with one attached hydrogen (secondary N) is 1. The van der Waals surface area contributed by atoms with Gasteiger partial charge in [0.05, 0.1) is 12.7 Å². The number of morpholine rings is 1. The molecule has 1 saturated carbocycles. The highest BCUT2D eigenvalue weighted by atomic mass is 32.2. The zero-order chi connectivity index (χ0) is 13.9. The van der Waals surface area contributed by atoms with Gasteiger partial charge in [-0.3, -0.25) is 0 Å². The lowest BCUT2D eigenvalue weighted by molar-refractivity contribution is 0.00853. The van der Waals surface area contributed by atoms with Crippen LogP contribution in [-0.4, -0.2) is 69.0 Å². The van der Waals surface area contributed by atoms with E-state index in [2.05, 4.69) is 5.32 Å². The van der Waals surface area contributed by atoms with Crippen LogP contribution >= 0.6 is 0 Å². The molecule has 0 aromatic carbocycles. The van der Waals surface area contributed by atoms with Crippen molar-refractivity contribution in [3.63, 3.8) is 0 Å². The van der Waals surface area contributed by atoms with Gasteiger partial charge in [-0.05, 0) is 32.7 Å². The van der Waals surface area contributed by atoms with E-state index in [1.54, 1.807) is 7.05 Å². The molecule has 1 unspecified atom stereocenters. The van der Waals surface area contributed by atoms with Crippen molar-refractivity contribution in [2.45, 2.75) is 38.3 Å². The summed E-state index contributed by atoms with van der Waals surface area (Å²) in [5.74, 6) is 0. The molecule has 1 heterocycles. The molecular formula is C12H25N3O3S. The molecule has 2 rings (SSSR count). The van der Waals surface area contributed by atoms with Gasteiger partial charge in [0, 0.05) is 32.7 Å². The van der Waals surface area contributed by atoms with Gasteiger partial charge in [0.2, 0.25) is 0 Å². The molecule has 0 amide bonds. The number of hydrogen-bond donors (Lipinski definition) is 1. The van der Waals surface area contributed by atoms with Crippen molar-refractivity contribution in [3.05, 3.63) is 0 Å². The monoisotopic (exact) mass is 291 g/mol. The average Bonchev–Trinajstić information content (AvgIpc) is 3.18. The van der Waals surface area contributed by atoms with Crippen molar-refractivity contribution in [3.8, 4) is 0 Å². The van der Waals surface area contributed by atoms with E-state index in [1.165, 1.54) is 21.5 Å². The lowest BCUT2D eigenvalue weighted by Crippen LogP contribution is -2.50. The molecule has 1 aliphatic heterocycles. The maximum Gasteiger partial charge on any atom is 0.281 e. The number of ether oxygens (including phenoxy) is 1. The Labute approximate surface area is 116 Å². The minimum Gasteiger partial charge on any atom is -0.376 e. The SMILES string of the molecule is CC1CN(S(=O)(=O)N(C)CCCNC2CC2)CCO1. The van der Waals surface area contributed by atoms with Crippen LogP contribution in [0.1, 0.15) is 26.2 Å². The first kappa shape index (κ1) is 15.2.